The van der Waals surface area contributed by atoms with E-state index < -0.39 is 17.6 Å². The number of nitrogens with one attached hydrogen (secondary N) is 1. The molecular formula is C21H18ClF2NO2. The first-order valence-electron chi connectivity index (χ1n) is 9.22. The smallest absolute Gasteiger partial charge is 0.336 e. The van der Waals surface area contributed by atoms with Gasteiger partial charge in [0.05, 0.1) is 11.6 Å². The van der Waals surface area contributed by atoms with E-state index in [-0.39, 0.29) is 23.4 Å². The van der Waals surface area contributed by atoms with Gasteiger partial charge in [0.1, 0.15) is 0 Å². The van der Waals surface area contributed by atoms with Crippen LogP contribution in [-0.4, -0.2) is 11.1 Å². The zero-order valence-electron chi connectivity index (χ0n) is 14.4. The Balaban J connectivity index is 1.69. The van der Waals surface area contributed by atoms with Crippen LogP contribution in [-0.2, 0) is 0 Å². The van der Waals surface area contributed by atoms with Gasteiger partial charge in [0.2, 0.25) is 0 Å². The standard InChI is InChI=1S/C21H18ClF2NO2/c22-12-7-13(21(26)27)19-16(8-12)25-20(11-3-4-14(23)15(24)6-11)18-10-2-1-9(5-10)17(18)19/h3-4,6-10,17-18,20,25H,1-2,5H2,(H,26,27)/t9-,10+,17-,18-,20+/m0/s1. The van der Waals surface area contributed by atoms with Crippen LogP contribution < -0.4 is 5.32 Å². The van der Waals surface area contributed by atoms with E-state index in [9.17, 15) is 18.7 Å². The number of carbonyl (C=O) groups is 1. The second kappa shape index (κ2) is 5.93. The highest BCUT2D eigenvalue weighted by molar-refractivity contribution is 6.31. The Labute approximate surface area is 160 Å². The first-order chi connectivity index (χ1) is 12.9. The maximum absolute atomic E-state index is 13.9. The number of carboxylic acids is 1. The zero-order valence-corrected chi connectivity index (χ0v) is 15.1. The Morgan fingerprint density at radius 2 is 1.89 bits per heavy atom. The first-order valence-corrected chi connectivity index (χ1v) is 9.60. The van der Waals surface area contributed by atoms with Crippen molar-refractivity contribution in [2.75, 3.05) is 5.32 Å². The SMILES string of the molecule is O=C(O)c1cc(Cl)cc2c1[C@H]1[C@H]3CC[C@H](C3)[C@@H]1[C@@H](c1ccc(F)c(F)c1)N2. The molecule has 27 heavy (non-hydrogen) atoms. The third-order valence-corrected chi connectivity index (χ3v) is 6.91. The minimum atomic E-state index is -0.983. The Kier molecular flexibility index (Phi) is 3.73. The van der Waals surface area contributed by atoms with Gasteiger partial charge < -0.3 is 10.4 Å². The van der Waals surface area contributed by atoms with Crippen molar-refractivity contribution in [1.29, 1.82) is 0 Å². The quantitative estimate of drug-likeness (QED) is 0.701. The summed E-state index contributed by atoms with van der Waals surface area (Å²) in [6.07, 6.45) is 3.23. The van der Waals surface area contributed by atoms with Crippen molar-refractivity contribution in [3.8, 4) is 0 Å². The Morgan fingerprint density at radius 3 is 2.63 bits per heavy atom. The van der Waals surface area contributed by atoms with Crippen molar-refractivity contribution in [2.24, 2.45) is 17.8 Å². The van der Waals surface area contributed by atoms with E-state index in [2.05, 4.69) is 5.32 Å². The van der Waals surface area contributed by atoms with Crippen LogP contribution in [0.25, 0.3) is 0 Å². The molecule has 140 valence electrons. The number of halogens is 3. The van der Waals surface area contributed by atoms with E-state index in [4.69, 9.17) is 11.6 Å². The van der Waals surface area contributed by atoms with E-state index in [1.807, 2.05) is 0 Å². The Morgan fingerprint density at radius 1 is 1.11 bits per heavy atom. The van der Waals surface area contributed by atoms with Crippen molar-refractivity contribution in [2.45, 2.75) is 31.2 Å². The first kappa shape index (κ1) is 17.0. The lowest BCUT2D eigenvalue weighted by Crippen LogP contribution is -2.36. The third kappa shape index (κ3) is 2.48. The van der Waals surface area contributed by atoms with E-state index in [1.54, 1.807) is 12.1 Å². The van der Waals surface area contributed by atoms with Gasteiger partial charge in [0.15, 0.2) is 11.6 Å². The summed E-state index contributed by atoms with van der Waals surface area (Å²) >= 11 is 6.17. The number of rotatable bonds is 2. The topological polar surface area (TPSA) is 49.3 Å². The summed E-state index contributed by atoms with van der Waals surface area (Å²) in [7, 11) is 0. The molecule has 2 saturated carbocycles. The van der Waals surface area contributed by atoms with Gasteiger partial charge in [-0.3, -0.25) is 0 Å². The maximum Gasteiger partial charge on any atom is 0.336 e. The summed E-state index contributed by atoms with van der Waals surface area (Å²) in [5.41, 5.74) is 2.46. The molecule has 0 unspecified atom stereocenters. The van der Waals surface area contributed by atoms with Gasteiger partial charge in [-0.2, -0.15) is 0 Å². The lowest BCUT2D eigenvalue weighted by atomic mass is 9.67. The molecule has 2 bridgehead atoms. The van der Waals surface area contributed by atoms with Crippen LogP contribution in [0.15, 0.2) is 30.3 Å². The normalized spacial score (nSPS) is 30.6. The van der Waals surface area contributed by atoms with E-state index in [0.717, 1.165) is 30.9 Å². The van der Waals surface area contributed by atoms with Crippen LogP contribution in [0.1, 0.15) is 52.7 Å². The van der Waals surface area contributed by atoms with Crippen molar-refractivity contribution in [3.63, 3.8) is 0 Å². The molecule has 5 rings (SSSR count). The molecule has 0 radical (unpaired) electrons. The van der Waals surface area contributed by atoms with Gasteiger partial charge in [0, 0.05) is 10.7 Å². The summed E-state index contributed by atoms with van der Waals surface area (Å²) in [6.45, 7) is 0. The number of hydrogen-bond acceptors (Lipinski definition) is 2. The van der Waals surface area contributed by atoms with Crippen LogP contribution in [0, 0.1) is 29.4 Å². The van der Waals surface area contributed by atoms with Crippen LogP contribution in [0.3, 0.4) is 0 Å². The second-order valence-corrected chi connectivity index (χ2v) is 8.39. The molecule has 2 aromatic rings. The summed E-state index contributed by atoms with van der Waals surface area (Å²) in [5, 5.41) is 13.5. The summed E-state index contributed by atoms with van der Waals surface area (Å²) < 4.78 is 27.3. The lowest BCUT2D eigenvalue weighted by molar-refractivity contribution is 0.0693. The molecule has 3 aliphatic rings. The molecule has 5 atom stereocenters. The minimum absolute atomic E-state index is 0.0986. The van der Waals surface area contributed by atoms with Gasteiger partial charge in [0.25, 0.3) is 0 Å². The molecular weight excluding hydrogens is 372 g/mol. The van der Waals surface area contributed by atoms with Crippen LogP contribution in [0.2, 0.25) is 5.02 Å². The van der Waals surface area contributed by atoms with E-state index in [1.165, 1.54) is 12.1 Å². The van der Waals surface area contributed by atoms with Crippen molar-refractivity contribution >= 4 is 23.3 Å². The lowest BCUT2D eigenvalue weighted by Gasteiger charge is -2.44. The fraction of sp³-hybridized carbons (Fsp3) is 0.381. The van der Waals surface area contributed by atoms with Gasteiger partial charge in [-0.05, 0) is 78.3 Å². The van der Waals surface area contributed by atoms with Gasteiger partial charge in [-0.1, -0.05) is 17.7 Å². The second-order valence-electron chi connectivity index (χ2n) is 7.95. The van der Waals surface area contributed by atoms with Crippen molar-refractivity contribution < 1.29 is 18.7 Å². The highest BCUT2D eigenvalue weighted by Crippen LogP contribution is 2.64. The number of anilines is 1. The zero-order chi connectivity index (χ0) is 18.9. The van der Waals surface area contributed by atoms with Crippen LogP contribution in [0.4, 0.5) is 14.5 Å². The Hall–Kier alpha value is -2.14. The number of benzene rings is 2. The number of fused-ring (bicyclic) bond motifs is 7. The predicted octanol–water partition coefficient (Wildman–Crippen LogP) is 5.61. The fourth-order valence-corrected chi connectivity index (χ4v) is 6.01. The molecule has 2 aromatic carbocycles. The summed E-state index contributed by atoms with van der Waals surface area (Å²) in [6, 6.07) is 7.11. The summed E-state index contributed by atoms with van der Waals surface area (Å²) in [4.78, 5) is 11.9. The molecule has 3 nitrogen and oxygen atoms in total. The molecule has 2 fully saturated rings. The molecule has 0 spiro atoms. The Bertz CT molecular complexity index is 963. The third-order valence-electron chi connectivity index (χ3n) is 6.69. The molecule has 0 amide bonds. The monoisotopic (exact) mass is 389 g/mol. The number of hydrogen-bond donors (Lipinski definition) is 2. The van der Waals surface area contributed by atoms with Gasteiger partial charge in [-0.15, -0.1) is 0 Å². The average molecular weight is 390 g/mol. The largest absolute Gasteiger partial charge is 0.478 e. The number of carboxylic acid groups (broad SMARTS) is 1. The van der Waals surface area contributed by atoms with Crippen molar-refractivity contribution in [1.82, 2.24) is 0 Å². The van der Waals surface area contributed by atoms with Crippen LogP contribution >= 0.6 is 11.6 Å². The van der Waals surface area contributed by atoms with E-state index in [0.29, 0.717) is 28.1 Å². The molecule has 0 aromatic heterocycles. The molecule has 0 saturated heterocycles. The number of aromatic carboxylic acids is 1. The summed E-state index contributed by atoms with van der Waals surface area (Å²) in [5.74, 6) is -1.57. The average Bonchev–Trinajstić information content (AvgIpc) is 3.24. The molecule has 1 heterocycles. The maximum atomic E-state index is 13.9. The molecule has 1 aliphatic heterocycles. The molecule has 2 N–H and O–H groups in total. The van der Waals surface area contributed by atoms with Gasteiger partial charge >= 0.3 is 5.97 Å². The predicted molar refractivity (Wildman–Crippen MR) is 98.2 cm³/mol. The fourth-order valence-electron chi connectivity index (χ4n) is 5.79. The van der Waals surface area contributed by atoms with Crippen molar-refractivity contribution in [3.05, 3.63) is 63.7 Å². The van der Waals surface area contributed by atoms with E-state index >= 15 is 0 Å². The van der Waals surface area contributed by atoms with Crippen LogP contribution in [0.5, 0.6) is 0 Å². The molecule has 6 heteroatoms. The molecule has 2 aliphatic carbocycles. The van der Waals surface area contributed by atoms with Gasteiger partial charge in [-0.25, -0.2) is 13.6 Å². The highest BCUT2D eigenvalue weighted by atomic mass is 35.5. The minimum Gasteiger partial charge on any atom is -0.478 e. The highest BCUT2D eigenvalue weighted by Gasteiger charge is 2.54.